The zero-order valence-electron chi connectivity index (χ0n) is 11.8. The van der Waals surface area contributed by atoms with Gasteiger partial charge in [0.25, 0.3) is 0 Å². The molecule has 0 bridgehead atoms. The fourth-order valence-corrected chi connectivity index (χ4v) is 2.58. The smallest absolute Gasteiger partial charge is 0.0327 e. The normalized spacial score (nSPS) is 22.7. The molecule has 1 rings (SSSR count). The first kappa shape index (κ1) is 14.0. The molecule has 0 amide bonds. The fraction of sp³-hybridized carbons (Fsp3) is 1.00. The van der Waals surface area contributed by atoms with Gasteiger partial charge >= 0.3 is 0 Å². The zero-order valence-corrected chi connectivity index (χ0v) is 11.8. The molecular formula is C14H30N2. The first-order chi connectivity index (χ1) is 7.48. The molecule has 0 spiro atoms. The van der Waals surface area contributed by atoms with Crippen molar-refractivity contribution in [2.24, 2.45) is 5.92 Å². The summed E-state index contributed by atoms with van der Waals surface area (Å²) in [5.41, 5.74) is 0.418. The predicted octanol–water partition coefficient (Wildman–Crippen LogP) is 2.89. The predicted molar refractivity (Wildman–Crippen MR) is 71.8 cm³/mol. The number of hydrogen-bond acceptors (Lipinski definition) is 2. The third-order valence-electron chi connectivity index (χ3n) is 4.49. The summed E-state index contributed by atoms with van der Waals surface area (Å²) in [5.74, 6) is 0.725. The van der Waals surface area contributed by atoms with Crippen molar-refractivity contribution >= 4 is 0 Å². The molecule has 96 valence electrons. The highest BCUT2D eigenvalue weighted by Crippen LogP contribution is 2.31. The van der Waals surface area contributed by atoms with Gasteiger partial charge in [0, 0.05) is 18.1 Å². The number of likely N-dealkylation sites (N-methyl/N-ethyl adjacent to an activating group) is 1. The van der Waals surface area contributed by atoms with Crippen LogP contribution in [0.15, 0.2) is 0 Å². The molecule has 0 aromatic rings. The van der Waals surface area contributed by atoms with E-state index in [9.17, 15) is 0 Å². The molecule has 1 aliphatic rings. The summed E-state index contributed by atoms with van der Waals surface area (Å²) in [7, 11) is 4.49. The summed E-state index contributed by atoms with van der Waals surface area (Å²) in [6.45, 7) is 8.04. The van der Waals surface area contributed by atoms with Crippen molar-refractivity contribution in [3.05, 3.63) is 0 Å². The van der Waals surface area contributed by atoms with Gasteiger partial charge in [-0.2, -0.15) is 0 Å². The molecule has 1 atom stereocenters. The van der Waals surface area contributed by atoms with E-state index in [1.807, 2.05) is 0 Å². The minimum Gasteiger partial charge on any atom is -0.312 e. The molecule has 0 heterocycles. The van der Waals surface area contributed by atoms with Crippen LogP contribution in [-0.4, -0.2) is 37.1 Å². The Hall–Kier alpha value is -0.0800. The van der Waals surface area contributed by atoms with Gasteiger partial charge in [0.05, 0.1) is 0 Å². The van der Waals surface area contributed by atoms with Crippen LogP contribution >= 0.6 is 0 Å². The summed E-state index contributed by atoms with van der Waals surface area (Å²) in [6.07, 6.45) is 6.94. The van der Waals surface area contributed by atoms with Crippen molar-refractivity contribution in [3.63, 3.8) is 0 Å². The third-order valence-corrected chi connectivity index (χ3v) is 4.49. The van der Waals surface area contributed by atoms with Crippen LogP contribution in [0.3, 0.4) is 0 Å². The lowest BCUT2D eigenvalue weighted by Crippen LogP contribution is -2.54. The van der Waals surface area contributed by atoms with E-state index in [0.29, 0.717) is 11.6 Å². The van der Waals surface area contributed by atoms with E-state index < -0.39 is 0 Å². The summed E-state index contributed by atoms with van der Waals surface area (Å²) in [4.78, 5) is 2.45. The number of rotatable bonds is 5. The maximum atomic E-state index is 3.73. The average molecular weight is 226 g/mol. The van der Waals surface area contributed by atoms with Crippen LogP contribution in [0.5, 0.6) is 0 Å². The molecule has 1 saturated carbocycles. The van der Waals surface area contributed by atoms with E-state index >= 15 is 0 Å². The Labute approximate surface area is 102 Å². The Bertz CT molecular complexity index is 193. The molecule has 1 N–H and O–H groups in total. The minimum atomic E-state index is 0.418. The summed E-state index contributed by atoms with van der Waals surface area (Å²) >= 11 is 0. The van der Waals surface area contributed by atoms with Gasteiger partial charge in [-0.15, -0.1) is 0 Å². The van der Waals surface area contributed by atoms with Crippen molar-refractivity contribution in [1.82, 2.24) is 10.2 Å². The molecule has 0 radical (unpaired) electrons. The van der Waals surface area contributed by atoms with Crippen LogP contribution in [0, 0.1) is 5.92 Å². The van der Waals surface area contributed by atoms with Crippen LogP contribution in [0.1, 0.15) is 52.9 Å². The van der Waals surface area contributed by atoms with Crippen molar-refractivity contribution in [2.75, 3.05) is 20.6 Å². The van der Waals surface area contributed by atoms with Gasteiger partial charge in [-0.1, -0.05) is 33.1 Å². The van der Waals surface area contributed by atoms with E-state index in [2.05, 4.69) is 45.1 Å². The molecule has 16 heavy (non-hydrogen) atoms. The molecule has 1 fully saturated rings. The highest BCUT2D eigenvalue weighted by atomic mass is 15.2. The average Bonchev–Trinajstić information content (AvgIpc) is 2.26. The number of nitrogens with one attached hydrogen (secondary N) is 1. The Balaban J connectivity index is 2.51. The first-order valence-corrected chi connectivity index (χ1v) is 6.89. The van der Waals surface area contributed by atoms with Crippen molar-refractivity contribution in [3.8, 4) is 0 Å². The first-order valence-electron chi connectivity index (χ1n) is 6.89. The fourth-order valence-electron chi connectivity index (χ4n) is 2.58. The topological polar surface area (TPSA) is 15.3 Å². The Kier molecular flexibility index (Phi) is 5.26. The van der Waals surface area contributed by atoms with Crippen LogP contribution in [-0.2, 0) is 0 Å². The van der Waals surface area contributed by atoms with E-state index in [4.69, 9.17) is 0 Å². The number of hydrogen-bond donors (Lipinski definition) is 1. The van der Waals surface area contributed by atoms with Crippen LogP contribution < -0.4 is 5.32 Å². The standard InChI is InChI=1S/C14H30N2/c1-12(2)13(3)15-11-14(16(4)5)9-7-6-8-10-14/h12-13,15H,6-11H2,1-5H3. The maximum Gasteiger partial charge on any atom is 0.0327 e. The summed E-state index contributed by atoms with van der Waals surface area (Å²) in [5, 5.41) is 3.73. The van der Waals surface area contributed by atoms with Gasteiger partial charge in [0.1, 0.15) is 0 Å². The summed E-state index contributed by atoms with van der Waals surface area (Å²) in [6, 6.07) is 0.624. The Morgan fingerprint density at radius 1 is 1.06 bits per heavy atom. The lowest BCUT2D eigenvalue weighted by atomic mass is 9.80. The monoisotopic (exact) mass is 226 g/mol. The molecule has 0 saturated heterocycles. The molecular weight excluding hydrogens is 196 g/mol. The van der Waals surface area contributed by atoms with Crippen molar-refractivity contribution < 1.29 is 0 Å². The quantitative estimate of drug-likeness (QED) is 0.775. The lowest BCUT2D eigenvalue weighted by molar-refractivity contribution is 0.0938. The van der Waals surface area contributed by atoms with Crippen molar-refractivity contribution in [2.45, 2.75) is 64.5 Å². The molecule has 2 nitrogen and oxygen atoms in total. The molecule has 1 unspecified atom stereocenters. The Morgan fingerprint density at radius 2 is 1.62 bits per heavy atom. The SMILES string of the molecule is CC(C)C(C)NCC1(N(C)C)CCCCC1. The lowest BCUT2D eigenvalue weighted by Gasteiger charge is -2.44. The van der Waals surface area contributed by atoms with E-state index in [1.54, 1.807) is 0 Å². The number of nitrogens with zero attached hydrogens (tertiary/aromatic N) is 1. The van der Waals surface area contributed by atoms with E-state index in [0.717, 1.165) is 12.5 Å². The van der Waals surface area contributed by atoms with Gasteiger partial charge in [-0.05, 0) is 39.8 Å². The van der Waals surface area contributed by atoms with Gasteiger partial charge < -0.3 is 10.2 Å². The molecule has 2 heteroatoms. The van der Waals surface area contributed by atoms with Crippen LogP contribution in [0.2, 0.25) is 0 Å². The molecule has 0 aromatic carbocycles. The second-order valence-corrected chi connectivity index (χ2v) is 6.09. The molecule has 1 aliphatic carbocycles. The third kappa shape index (κ3) is 3.46. The Morgan fingerprint density at radius 3 is 2.06 bits per heavy atom. The largest absolute Gasteiger partial charge is 0.312 e. The van der Waals surface area contributed by atoms with E-state index in [-0.39, 0.29) is 0 Å². The maximum absolute atomic E-state index is 3.73. The van der Waals surface area contributed by atoms with Gasteiger partial charge in [0.2, 0.25) is 0 Å². The van der Waals surface area contributed by atoms with Gasteiger partial charge in [-0.25, -0.2) is 0 Å². The molecule has 0 aliphatic heterocycles. The second kappa shape index (κ2) is 6.02. The second-order valence-electron chi connectivity index (χ2n) is 6.09. The van der Waals surface area contributed by atoms with Crippen molar-refractivity contribution in [1.29, 1.82) is 0 Å². The van der Waals surface area contributed by atoms with Crippen LogP contribution in [0.4, 0.5) is 0 Å². The van der Waals surface area contributed by atoms with E-state index in [1.165, 1.54) is 32.1 Å². The van der Waals surface area contributed by atoms with Gasteiger partial charge in [-0.3, -0.25) is 0 Å². The highest BCUT2D eigenvalue weighted by molar-refractivity contribution is 4.93. The van der Waals surface area contributed by atoms with Crippen LogP contribution in [0.25, 0.3) is 0 Å². The molecule has 0 aromatic heterocycles. The van der Waals surface area contributed by atoms with Gasteiger partial charge in [0.15, 0.2) is 0 Å². The summed E-state index contributed by atoms with van der Waals surface area (Å²) < 4.78 is 0. The highest BCUT2D eigenvalue weighted by Gasteiger charge is 2.34. The minimum absolute atomic E-state index is 0.418. The zero-order chi connectivity index (χ0) is 12.2.